The number of aromatic nitrogens is 1. The first-order valence-electron chi connectivity index (χ1n) is 5.99. The van der Waals surface area contributed by atoms with Gasteiger partial charge in [-0.2, -0.15) is 0 Å². The molecule has 0 aliphatic heterocycles. The van der Waals surface area contributed by atoms with Crippen LogP contribution in [0.1, 0.15) is 15.9 Å². The monoisotopic (exact) mass is 301 g/mol. The number of fused-ring (bicyclic) bond motifs is 1. The summed E-state index contributed by atoms with van der Waals surface area (Å²) in [7, 11) is 0. The molecular weight excluding hydrogens is 293 g/mol. The lowest BCUT2D eigenvalue weighted by Crippen LogP contribution is -2.02. The fraction of sp³-hybridized carbons (Fsp3) is 0. The number of benzene rings is 2. The number of carbonyl (C=O) groups is 1. The van der Waals surface area contributed by atoms with Crippen molar-refractivity contribution in [1.29, 1.82) is 0 Å². The van der Waals surface area contributed by atoms with Crippen molar-refractivity contribution in [3.05, 3.63) is 76.0 Å². The quantitative estimate of drug-likeness (QED) is 0.638. The van der Waals surface area contributed by atoms with Gasteiger partial charge < -0.3 is 0 Å². The molecule has 2 aromatic carbocycles. The summed E-state index contributed by atoms with van der Waals surface area (Å²) in [5.41, 5.74) is 1.12. The van der Waals surface area contributed by atoms with E-state index in [1.165, 1.54) is 0 Å². The van der Waals surface area contributed by atoms with Gasteiger partial charge in [-0.1, -0.05) is 41.4 Å². The summed E-state index contributed by atoms with van der Waals surface area (Å²) < 4.78 is 0. The van der Waals surface area contributed by atoms with Crippen LogP contribution in [0.25, 0.3) is 10.8 Å². The molecule has 3 aromatic rings. The normalized spacial score (nSPS) is 10.7. The third kappa shape index (κ3) is 2.28. The molecule has 0 aliphatic rings. The van der Waals surface area contributed by atoms with E-state index in [0.717, 1.165) is 10.8 Å². The van der Waals surface area contributed by atoms with Gasteiger partial charge in [-0.25, -0.2) is 0 Å². The van der Waals surface area contributed by atoms with E-state index in [1.54, 1.807) is 36.7 Å². The fourth-order valence-corrected chi connectivity index (χ4v) is 2.40. The maximum Gasteiger partial charge on any atom is 0.193 e. The van der Waals surface area contributed by atoms with Crippen LogP contribution in [-0.2, 0) is 0 Å². The minimum Gasteiger partial charge on any atom is -0.289 e. The topological polar surface area (TPSA) is 30.0 Å². The second kappa shape index (κ2) is 5.23. The number of halogens is 2. The largest absolute Gasteiger partial charge is 0.289 e. The highest BCUT2D eigenvalue weighted by atomic mass is 35.5. The summed E-state index contributed by atoms with van der Waals surface area (Å²) in [4.78, 5) is 16.7. The number of hydrogen-bond donors (Lipinski definition) is 0. The highest BCUT2D eigenvalue weighted by Crippen LogP contribution is 2.26. The van der Waals surface area contributed by atoms with Crippen molar-refractivity contribution in [1.82, 2.24) is 4.98 Å². The zero-order valence-electron chi connectivity index (χ0n) is 10.3. The Morgan fingerprint density at radius 3 is 2.65 bits per heavy atom. The number of rotatable bonds is 2. The van der Waals surface area contributed by atoms with E-state index in [9.17, 15) is 4.79 Å². The van der Waals surface area contributed by atoms with Crippen LogP contribution in [-0.4, -0.2) is 10.8 Å². The standard InChI is InChI=1S/C16H9Cl2NO/c17-14-5-4-11(8-15(14)18)16(20)12-3-1-2-10-6-7-19-9-13(10)12/h1-9H. The zero-order chi connectivity index (χ0) is 14.1. The fourth-order valence-electron chi connectivity index (χ4n) is 2.10. The number of hydrogen-bond acceptors (Lipinski definition) is 2. The Kier molecular flexibility index (Phi) is 3.43. The van der Waals surface area contributed by atoms with E-state index >= 15 is 0 Å². The number of pyridine rings is 1. The van der Waals surface area contributed by atoms with Crippen LogP contribution in [0.5, 0.6) is 0 Å². The van der Waals surface area contributed by atoms with E-state index in [4.69, 9.17) is 23.2 Å². The number of carbonyl (C=O) groups excluding carboxylic acids is 1. The van der Waals surface area contributed by atoms with Crippen LogP contribution in [0.2, 0.25) is 10.0 Å². The summed E-state index contributed by atoms with van der Waals surface area (Å²) in [5.74, 6) is -0.0952. The van der Waals surface area contributed by atoms with E-state index < -0.39 is 0 Å². The molecule has 1 aromatic heterocycles. The first-order valence-corrected chi connectivity index (χ1v) is 6.75. The van der Waals surface area contributed by atoms with Crippen LogP contribution < -0.4 is 0 Å². The highest BCUT2D eigenvalue weighted by Gasteiger charge is 2.13. The van der Waals surface area contributed by atoms with Gasteiger partial charge in [0.1, 0.15) is 0 Å². The van der Waals surface area contributed by atoms with Gasteiger partial charge in [0.2, 0.25) is 0 Å². The summed E-state index contributed by atoms with van der Waals surface area (Å²) in [6.07, 6.45) is 3.40. The van der Waals surface area contributed by atoms with Crippen LogP contribution in [0.3, 0.4) is 0 Å². The van der Waals surface area contributed by atoms with Gasteiger partial charge in [0, 0.05) is 28.9 Å². The van der Waals surface area contributed by atoms with Gasteiger partial charge >= 0.3 is 0 Å². The molecule has 1 heterocycles. The first-order chi connectivity index (χ1) is 9.66. The number of ketones is 1. The second-order valence-electron chi connectivity index (χ2n) is 4.36. The molecular formula is C16H9Cl2NO. The minimum absolute atomic E-state index is 0.0952. The lowest BCUT2D eigenvalue weighted by molar-refractivity contribution is 0.104. The van der Waals surface area contributed by atoms with Gasteiger partial charge in [-0.3, -0.25) is 9.78 Å². The molecule has 0 amide bonds. The molecule has 0 aliphatic carbocycles. The van der Waals surface area contributed by atoms with Crippen LogP contribution in [0, 0.1) is 0 Å². The molecule has 0 atom stereocenters. The average Bonchev–Trinajstić information content (AvgIpc) is 2.49. The summed E-state index contributed by atoms with van der Waals surface area (Å²) in [6, 6.07) is 12.3. The summed E-state index contributed by atoms with van der Waals surface area (Å²) >= 11 is 11.8. The van der Waals surface area contributed by atoms with Gasteiger partial charge in [-0.15, -0.1) is 0 Å². The van der Waals surface area contributed by atoms with Gasteiger partial charge in [0.25, 0.3) is 0 Å². The lowest BCUT2D eigenvalue weighted by Gasteiger charge is -2.06. The number of nitrogens with zero attached hydrogens (tertiary/aromatic N) is 1. The Morgan fingerprint density at radius 2 is 1.85 bits per heavy atom. The second-order valence-corrected chi connectivity index (χ2v) is 5.17. The molecule has 0 saturated carbocycles. The predicted molar refractivity (Wildman–Crippen MR) is 81.6 cm³/mol. The minimum atomic E-state index is -0.0952. The molecule has 3 rings (SSSR count). The van der Waals surface area contributed by atoms with E-state index in [-0.39, 0.29) is 5.78 Å². The van der Waals surface area contributed by atoms with Crippen molar-refractivity contribution >= 4 is 39.8 Å². The molecule has 0 bridgehead atoms. The first kappa shape index (κ1) is 13.1. The van der Waals surface area contributed by atoms with Gasteiger partial charge in [0.15, 0.2) is 5.78 Å². The molecule has 0 spiro atoms. The highest BCUT2D eigenvalue weighted by molar-refractivity contribution is 6.42. The molecule has 98 valence electrons. The third-order valence-electron chi connectivity index (χ3n) is 3.11. The van der Waals surface area contributed by atoms with Crippen molar-refractivity contribution in [3.63, 3.8) is 0 Å². The molecule has 0 N–H and O–H groups in total. The van der Waals surface area contributed by atoms with Crippen molar-refractivity contribution in [2.45, 2.75) is 0 Å². The van der Waals surface area contributed by atoms with Crippen LogP contribution in [0.15, 0.2) is 54.9 Å². The molecule has 20 heavy (non-hydrogen) atoms. The SMILES string of the molecule is O=C(c1ccc(Cl)c(Cl)c1)c1cccc2ccncc12. The molecule has 0 radical (unpaired) electrons. The molecule has 4 heteroatoms. The molecule has 0 saturated heterocycles. The Hall–Kier alpha value is -1.90. The van der Waals surface area contributed by atoms with Crippen molar-refractivity contribution < 1.29 is 4.79 Å². The predicted octanol–water partition coefficient (Wildman–Crippen LogP) is 4.77. The maximum absolute atomic E-state index is 12.6. The summed E-state index contributed by atoms with van der Waals surface area (Å²) in [6.45, 7) is 0. The van der Waals surface area contributed by atoms with E-state index in [2.05, 4.69) is 4.98 Å². The smallest absolute Gasteiger partial charge is 0.193 e. The van der Waals surface area contributed by atoms with Crippen molar-refractivity contribution in [2.75, 3.05) is 0 Å². The molecule has 2 nitrogen and oxygen atoms in total. The lowest BCUT2D eigenvalue weighted by atomic mass is 9.98. The molecule has 0 fully saturated rings. The van der Waals surface area contributed by atoms with E-state index in [0.29, 0.717) is 21.2 Å². The van der Waals surface area contributed by atoms with Crippen LogP contribution >= 0.6 is 23.2 Å². The Balaban J connectivity index is 2.15. The maximum atomic E-state index is 12.6. The van der Waals surface area contributed by atoms with Crippen LogP contribution in [0.4, 0.5) is 0 Å². The van der Waals surface area contributed by atoms with Crippen molar-refractivity contribution in [3.8, 4) is 0 Å². The Labute approximate surface area is 126 Å². The average molecular weight is 302 g/mol. The Bertz CT molecular complexity index is 809. The van der Waals surface area contributed by atoms with Gasteiger partial charge in [-0.05, 0) is 29.7 Å². The third-order valence-corrected chi connectivity index (χ3v) is 3.85. The van der Waals surface area contributed by atoms with E-state index in [1.807, 2.05) is 18.2 Å². The van der Waals surface area contributed by atoms with Crippen molar-refractivity contribution in [2.24, 2.45) is 0 Å². The molecule has 0 unspecified atom stereocenters. The van der Waals surface area contributed by atoms with Gasteiger partial charge in [0.05, 0.1) is 10.0 Å². The summed E-state index contributed by atoms with van der Waals surface area (Å²) in [5, 5.41) is 2.61. The zero-order valence-corrected chi connectivity index (χ0v) is 11.8. The Morgan fingerprint density at radius 1 is 1.00 bits per heavy atom.